The van der Waals surface area contributed by atoms with E-state index in [1.165, 1.54) is 0 Å². The Balaban J connectivity index is 1.57. The molecular formula is C26H29N5O3S. The van der Waals surface area contributed by atoms with E-state index >= 15 is 0 Å². The van der Waals surface area contributed by atoms with E-state index < -0.39 is 0 Å². The van der Waals surface area contributed by atoms with Gasteiger partial charge in [0, 0.05) is 37.1 Å². The molecule has 4 rings (SSSR count). The molecule has 1 aromatic carbocycles. The zero-order valence-corrected chi connectivity index (χ0v) is 20.9. The number of aromatic nitrogens is 3. The molecule has 9 heteroatoms. The molecule has 0 saturated heterocycles. The highest BCUT2D eigenvalue weighted by Crippen LogP contribution is 2.29. The van der Waals surface area contributed by atoms with Gasteiger partial charge in [-0.25, -0.2) is 9.67 Å². The van der Waals surface area contributed by atoms with E-state index in [4.69, 9.17) is 9.72 Å². The maximum Gasteiger partial charge on any atom is 0.256 e. The molecule has 0 aliphatic rings. The summed E-state index contributed by atoms with van der Waals surface area (Å²) in [7, 11) is 0. The van der Waals surface area contributed by atoms with Gasteiger partial charge in [-0.2, -0.15) is 5.10 Å². The molecular weight excluding hydrogens is 462 g/mol. The molecule has 0 saturated carbocycles. The number of amides is 2. The number of pyridine rings is 1. The molecule has 0 fully saturated rings. The number of anilines is 1. The van der Waals surface area contributed by atoms with E-state index in [1.807, 2.05) is 43.0 Å². The van der Waals surface area contributed by atoms with Crippen LogP contribution >= 0.6 is 11.3 Å². The Morgan fingerprint density at radius 2 is 2.00 bits per heavy atom. The van der Waals surface area contributed by atoms with Gasteiger partial charge in [0.25, 0.3) is 11.8 Å². The summed E-state index contributed by atoms with van der Waals surface area (Å²) >= 11 is 1.57. The summed E-state index contributed by atoms with van der Waals surface area (Å²) in [6.45, 7) is 7.78. The first kappa shape index (κ1) is 24.6. The first-order chi connectivity index (χ1) is 17.0. The summed E-state index contributed by atoms with van der Waals surface area (Å²) in [4.78, 5) is 31.7. The fourth-order valence-corrected chi connectivity index (χ4v) is 4.38. The predicted octanol–water partition coefficient (Wildman–Crippen LogP) is 5.15. The third-order valence-corrected chi connectivity index (χ3v) is 6.30. The van der Waals surface area contributed by atoms with Crippen LogP contribution in [0.15, 0.2) is 54.0 Å². The molecule has 3 heterocycles. The summed E-state index contributed by atoms with van der Waals surface area (Å²) in [6, 6.07) is 12.7. The molecule has 0 atom stereocenters. The fraction of sp³-hybridized carbons (Fsp3) is 0.308. The number of fused-ring (bicyclic) bond motifs is 1. The summed E-state index contributed by atoms with van der Waals surface area (Å²) < 4.78 is 7.11. The van der Waals surface area contributed by atoms with Crippen molar-refractivity contribution in [3.63, 3.8) is 0 Å². The molecule has 0 aliphatic carbocycles. The molecule has 2 N–H and O–H groups in total. The predicted molar refractivity (Wildman–Crippen MR) is 139 cm³/mol. The number of nitrogens with one attached hydrogen (secondary N) is 2. The highest BCUT2D eigenvalue weighted by molar-refractivity contribution is 7.13. The number of benzene rings is 1. The summed E-state index contributed by atoms with van der Waals surface area (Å²) in [5.74, 6) is -0.477. The minimum absolute atomic E-state index is 0.0956. The Labute approximate surface area is 208 Å². The molecule has 0 spiro atoms. The SMILES string of the molecule is CCOCCCNC(=O)c1cccc(NC(=O)c2cc(-c3cccs3)nc3c2cnn3C(C)C)c1. The Bertz CT molecular complexity index is 1310. The van der Waals surface area contributed by atoms with Crippen molar-refractivity contribution in [1.29, 1.82) is 0 Å². The molecule has 0 unspecified atom stereocenters. The van der Waals surface area contributed by atoms with Crippen LogP contribution in [0.25, 0.3) is 21.6 Å². The Hall–Kier alpha value is -3.56. The molecule has 2 amide bonds. The van der Waals surface area contributed by atoms with Crippen molar-refractivity contribution >= 4 is 39.9 Å². The number of carbonyl (C=O) groups excluding carboxylic acids is 2. The number of rotatable bonds is 10. The van der Waals surface area contributed by atoms with E-state index in [9.17, 15) is 9.59 Å². The molecule has 8 nitrogen and oxygen atoms in total. The third kappa shape index (κ3) is 5.75. The Morgan fingerprint density at radius 1 is 1.14 bits per heavy atom. The van der Waals surface area contributed by atoms with Gasteiger partial charge in [0.15, 0.2) is 5.65 Å². The van der Waals surface area contributed by atoms with Crippen LogP contribution in [0.2, 0.25) is 0 Å². The number of nitrogens with zero attached hydrogens (tertiary/aromatic N) is 3. The first-order valence-corrected chi connectivity index (χ1v) is 12.6. The smallest absolute Gasteiger partial charge is 0.256 e. The molecule has 182 valence electrons. The van der Waals surface area contributed by atoms with Crippen molar-refractivity contribution < 1.29 is 14.3 Å². The van der Waals surface area contributed by atoms with Crippen LogP contribution < -0.4 is 10.6 Å². The second kappa shape index (κ2) is 11.2. The van der Waals surface area contributed by atoms with Crippen molar-refractivity contribution in [3.05, 3.63) is 65.2 Å². The van der Waals surface area contributed by atoms with Crippen molar-refractivity contribution in [2.75, 3.05) is 25.1 Å². The van der Waals surface area contributed by atoms with E-state index in [-0.39, 0.29) is 17.9 Å². The standard InChI is InChI=1S/C26H29N5O3S/c1-4-34-12-7-11-27-25(32)18-8-5-9-19(14-18)29-26(33)20-15-22(23-10-6-13-35-23)30-24-21(20)16-28-31(24)17(2)3/h5-6,8-10,13-17H,4,7,11-12H2,1-3H3,(H,27,32)(H,29,33). The van der Waals surface area contributed by atoms with E-state index in [1.54, 1.807) is 47.9 Å². The number of thiophene rings is 1. The van der Waals surface area contributed by atoms with Crippen LogP contribution in [0.4, 0.5) is 5.69 Å². The van der Waals surface area contributed by atoms with Crippen molar-refractivity contribution in [3.8, 4) is 10.6 Å². The maximum atomic E-state index is 13.4. The molecule has 0 aliphatic heterocycles. The highest BCUT2D eigenvalue weighted by Gasteiger charge is 2.19. The Kier molecular flexibility index (Phi) is 7.89. The average Bonchev–Trinajstić information content (AvgIpc) is 3.53. The van der Waals surface area contributed by atoms with Gasteiger partial charge >= 0.3 is 0 Å². The van der Waals surface area contributed by atoms with E-state index in [0.717, 1.165) is 17.0 Å². The molecule has 35 heavy (non-hydrogen) atoms. The van der Waals surface area contributed by atoms with Crippen LogP contribution in [0.5, 0.6) is 0 Å². The van der Waals surface area contributed by atoms with Crippen LogP contribution in [0, 0.1) is 0 Å². The highest BCUT2D eigenvalue weighted by atomic mass is 32.1. The zero-order chi connectivity index (χ0) is 24.8. The van der Waals surface area contributed by atoms with Gasteiger partial charge < -0.3 is 15.4 Å². The molecule has 4 aromatic rings. The largest absolute Gasteiger partial charge is 0.382 e. The van der Waals surface area contributed by atoms with Crippen molar-refractivity contribution in [2.24, 2.45) is 0 Å². The van der Waals surface area contributed by atoms with Gasteiger partial charge in [0.05, 0.1) is 27.7 Å². The lowest BCUT2D eigenvalue weighted by Crippen LogP contribution is -2.25. The minimum atomic E-state index is -0.284. The fourth-order valence-electron chi connectivity index (χ4n) is 3.69. The van der Waals surface area contributed by atoms with Crippen LogP contribution in [-0.2, 0) is 4.74 Å². The monoisotopic (exact) mass is 491 g/mol. The maximum absolute atomic E-state index is 13.4. The van der Waals surface area contributed by atoms with Crippen molar-refractivity contribution in [2.45, 2.75) is 33.2 Å². The minimum Gasteiger partial charge on any atom is -0.382 e. The van der Waals surface area contributed by atoms with Crippen LogP contribution in [0.1, 0.15) is 53.9 Å². The van der Waals surface area contributed by atoms with E-state index in [0.29, 0.717) is 47.6 Å². The number of carbonyl (C=O) groups is 2. The van der Waals surface area contributed by atoms with Crippen molar-refractivity contribution in [1.82, 2.24) is 20.1 Å². The lowest BCUT2D eigenvalue weighted by atomic mass is 10.1. The van der Waals surface area contributed by atoms with Gasteiger partial charge in [-0.05, 0) is 62.9 Å². The first-order valence-electron chi connectivity index (χ1n) is 11.7. The third-order valence-electron chi connectivity index (χ3n) is 5.41. The van der Waals surface area contributed by atoms with Gasteiger partial charge in [0.1, 0.15) is 0 Å². The number of ether oxygens (including phenoxy) is 1. The van der Waals surface area contributed by atoms with Gasteiger partial charge in [0.2, 0.25) is 0 Å². The van der Waals surface area contributed by atoms with Crippen LogP contribution in [-0.4, -0.2) is 46.3 Å². The summed E-state index contributed by atoms with van der Waals surface area (Å²) in [5.41, 5.74) is 2.88. The van der Waals surface area contributed by atoms with E-state index in [2.05, 4.69) is 15.7 Å². The lowest BCUT2D eigenvalue weighted by molar-refractivity contribution is 0.0943. The Morgan fingerprint density at radius 3 is 2.74 bits per heavy atom. The topological polar surface area (TPSA) is 98.1 Å². The lowest BCUT2D eigenvalue weighted by Gasteiger charge is -2.11. The van der Waals surface area contributed by atoms with Gasteiger partial charge in [-0.3, -0.25) is 9.59 Å². The second-order valence-corrected chi connectivity index (χ2v) is 9.24. The summed E-state index contributed by atoms with van der Waals surface area (Å²) in [5, 5.41) is 12.9. The normalized spacial score (nSPS) is 11.2. The number of hydrogen-bond donors (Lipinski definition) is 2. The molecule has 0 radical (unpaired) electrons. The quantitative estimate of drug-likeness (QED) is 0.299. The average molecular weight is 492 g/mol. The number of hydrogen-bond acceptors (Lipinski definition) is 6. The summed E-state index contributed by atoms with van der Waals surface area (Å²) in [6.07, 6.45) is 2.42. The van der Waals surface area contributed by atoms with Gasteiger partial charge in [-0.1, -0.05) is 12.1 Å². The molecule has 3 aromatic heterocycles. The zero-order valence-electron chi connectivity index (χ0n) is 20.1. The second-order valence-electron chi connectivity index (χ2n) is 8.29. The van der Waals surface area contributed by atoms with Gasteiger partial charge in [-0.15, -0.1) is 11.3 Å². The molecule has 0 bridgehead atoms. The van der Waals surface area contributed by atoms with Crippen LogP contribution in [0.3, 0.4) is 0 Å².